The quantitative estimate of drug-likeness (QED) is 0.388. The summed E-state index contributed by atoms with van der Waals surface area (Å²) in [5.74, 6) is 0.319. The second-order valence-electron chi connectivity index (χ2n) is 10.6. The SMILES string of the molecule is Cn1cc(CN2CCC3(CC(=O)c4cc(C=CC(=O)NOC5CCCCO5)ccc4O3)C2)c2ccccc21. The molecule has 6 rings (SSSR count). The molecule has 8 nitrogen and oxygen atoms in total. The van der Waals surface area contributed by atoms with Crippen LogP contribution in [0.3, 0.4) is 0 Å². The number of benzene rings is 2. The van der Waals surface area contributed by atoms with Crippen molar-refractivity contribution < 1.29 is 23.9 Å². The summed E-state index contributed by atoms with van der Waals surface area (Å²) in [5, 5.41) is 1.27. The first-order valence-electron chi connectivity index (χ1n) is 13.3. The number of para-hydroxylation sites is 1. The standard InChI is InChI=1S/C30H33N3O5/c1-32-18-22(23-6-2-3-7-25(23)32)19-33-14-13-30(20-33)17-26(34)24-16-21(9-11-27(24)37-30)10-12-28(35)31-38-29-8-4-5-15-36-29/h2-3,6-7,9-12,16,18,29H,4-5,8,13-15,17,19-20H2,1H3,(H,31,35). The van der Waals surface area contributed by atoms with Crippen LogP contribution >= 0.6 is 0 Å². The van der Waals surface area contributed by atoms with Gasteiger partial charge in [0.1, 0.15) is 11.4 Å². The summed E-state index contributed by atoms with van der Waals surface area (Å²) >= 11 is 0. The maximum Gasteiger partial charge on any atom is 0.267 e. The molecule has 38 heavy (non-hydrogen) atoms. The summed E-state index contributed by atoms with van der Waals surface area (Å²) in [5.41, 5.74) is 5.75. The highest BCUT2D eigenvalue weighted by Crippen LogP contribution is 2.40. The van der Waals surface area contributed by atoms with Gasteiger partial charge in [-0.05, 0) is 48.2 Å². The molecule has 3 aliphatic rings. The van der Waals surface area contributed by atoms with Crippen LogP contribution in [0, 0.1) is 0 Å². The Morgan fingerprint density at radius 3 is 3.00 bits per heavy atom. The van der Waals surface area contributed by atoms with Crippen LogP contribution in [0.2, 0.25) is 0 Å². The molecule has 0 aliphatic carbocycles. The third-order valence-corrected chi connectivity index (χ3v) is 7.74. The van der Waals surface area contributed by atoms with Crippen molar-refractivity contribution in [3.05, 3.63) is 71.4 Å². The van der Waals surface area contributed by atoms with Gasteiger partial charge in [0.2, 0.25) is 0 Å². The van der Waals surface area contributed by atoms with Gasteiger partial charge in [-0.3, -0.25) is 14.5 Å². The van der Waals surface area contributed by atoms with Crippen molar-refractivity contribution in [2.45, 2.75) is 50.5 Å². The van der Waals surface area contributed by atoms with E-state index >= 15 is 0 Å². The number of hydrogen-bond donors (Lipinski definition) is 1. The topological polar surface area (TPSA) is 82.0 Å². The number of aryl methyl sites for hydroxylation is 1. The van der Waals surface area contributed by atoms with E-state index in [-0.39, 0.29) is 11.7 Å². The van der Waals surface area contributed by atoms with Crippen molar-refractivity contribution in [3.8, 4) is 5.75 Å². The largest absolute Gasteiger partial charge is 0.485 e. The van der Waals surface area contributed by atoms with Gasteiger partial charge in [0.15, 0.2) is 12.1 Å². The van der Waals surface area contributed by atoms with Crippen molar-refractivity contribution in [2.24, 2.45) is 7.05 Å². The van der Waals surface area contributed by atoms with Gasteiger partial charge in [0.05, 0.1) is 12.0 Å². The highest BCUT2D eigenvalue weighted by Gasteiger charge is 2.45. The molecule has 0 saturated carbocycles. The molecule has 0 bridgehead atoms. The van der Waals surface area contributed by atoms with E-state index in [0.717, 1.165) is 44.3 Å². The van der Waals surface area contributed by atoms with E-state index < -0.39 is 11.9 Å². The van der Waals surface area contributed by atoms with Crippen LogP contribution < -0.4 is 10.2 Å². The van der Waals surface area contributed by atoms with E-state index in [1.54, 1.807) is 12.1 Å². The number of hydroxylamine groups is 1. The molecule has 198 valence electrons. The van der Waals surface area contributed by atoms with Gasteiger partial charge in [-0.15, -0.1) is 0 Å². The first-order valence-corrected chi connectivity index (χ1v) is 13.3. The molecular weight excluding hydrogens is 482 g/mol. The summed E-state index contributed by atoms with van der Waals surface area (Å²) in [6.07, 6.45) is 8.82. The van der Waals surface area contributed by atoms with Crippen molar-refractivity contribution in [2.75, 3.05) is 19.7 Å². The average Bonchev–Trinajstić information content (AvgIpc) is 3.46. The summed E-state index contributed by atoms with van der Waals surface area (Å²) in [6, 6.07) is 13.9. The van der Waals surface area contributed by atoms with Gasteiger partial charge in [-0.2, -0.15) is 0 Å². The fourth-order valence-electron chi connectivity index (χ4n) is 5.83. The maximum absolute atomic E-state index is 13.2. The molecule has 2 aromatic carbocycles. The molecule has 3 aliphatic heterocycles. The number of hydrogen-bond acceptors (Lipinski definition) is 6. The number of carbonyl (C=O) groups excluding carboxylic acids is 2. The number of fused-ring (bicyclic) bond motifs is 2. The highest BCUT2D eigenvalue weighted by atomic mass is 16.8. The number of likely N-dealkylation sites (tertiary alicyclic amines) is 1. The fraction of sp³-hybridized carbons (Fsp3) is 0.400. The summed E-state index contributed by atoms with van der Waals surface area (Å²) in [4.78, 5) is 33.1. The summed E-state index contributed by atoms with van der Waals surface area (Å²) in [7, 11) is 2.08. The van der Waals surface area contributed by atoms with E-state index in [2.05, 4.69) is 52.5 Å². The number of amides is 1. The van der Waals surface area contributed by atoms with E-state index in [1.165, 1.54) is 22.5 Å². The number of nitrogens with zero attached hydrogens (tertiary/aromatic N) is 2. The van der Waals surface area contributed by atoms with Crippen LogP contribution in [0.4, 0.5) is 0 Å². The normalized spacial score (nSPS) is 23.7. The van der Waals surface area contributed by atoms with E-state index in [0.29, 0.717) is 30.9 Å². The van der Waals surface area contributed by atoms with E-state index in [1.807, 2.05) is 12.1 Å². The van der Waals surface area contributed by atoms with Crippen LogP contribution in [0.1, 0.15) is 53.6 Å². The fourth-order valence-corrected chi connectivity index (χ4v) is 5.83. The van der Waals surface area contributed by atoms with Crippen molar-refractivity contribution >= 4 is 28.7 Å². The number of ether oxygens (including phenoxy) is 2. The molecule has 0 radical (unpaired) electrons. The van der Waals surface area contributed by atoms with Crippen molar-refractivity contribution in [1.29, 1.82) is 0 Å². The summed E-state index contributed by atoms with van der Waals surface area (Å²) in [6.45, 7) is 3.07. The molecule has 1 N–H and O–H groups in total. The molecule has 4 heterocycles. The Morgan fingerprint density at radius 1 is 1.24 bits per heavy atom. The Balaban J connectivity index is 1.09. The zero-order valence-electron chi connectivity index (χ0n) is 21.7. The third kappa shape index (κ3) is 5.12. The van der Waals surface area contributed by atoms with Gasteiger partial charge in [-0.25, -0.2) is 10.3 Å². The Labute approximate surface area is 222 Å². The number of carbonyl (C=O) groups is 2. The Hall–Kier alpha value is -3.46. The molecule has 2 fully saturated rings. The molecule has 1 spiro atoms. The van der Waals surface area contributed by atoms with Crippen LogP contribution in [0.5, 0.6) is 5.75 Å². The molecule has 2 saturated heterocycles. The number of rotatable bonds is 6. The number of Topliss-reactive ketones (excluding diaryl/α,β-unsaturated/α-hetero) is 1. The van der Waals surface area contributed by atoms with Gasteiger partial charge >= 0.3 is 0 Å². The minimum absolute atomic E-state index is 0.0794. The predicted octanol–water partition coefficient (Wildman–Crippen LogP) is 4.38. The van der Waals surface area contributed by atoms with Crippen LogP contribution in [-0.4, -0.2) is 52.7 Å². The van der Waals surface area contributed by atoms with Crippen molar-refractivity contribution in [3.63, 3.8) is 0 Å². The zero-order chi connectivity index (χ0) is 26.1. The van der Waals surface area contributed by atoms with Gasteiger partial charge in [0, 0.05) is 69.3 Å². The zero-order valence-corrected chi connectivity index (χ0v) is 21.7. The predicted molar refractivity (Wildman–Crippen MR) is 143 cm³/mol. The lowest BCUT2D eigenvalue weighted by Gasteiger charge is -2.35. The minimum atomic E-state index is -0.496. The molecule has 8 heteroatoms. The van der Waals surface area contributed by atoms with E-state index in [9.17, 15) is 9.59 Å². The Kier molecular flexibility index (Phi) is 6.78. The number of aromatic nitrogens is 1. The third-order valence-electron chi connectivity index (χ3n) is 7.74. The molecule has 3 aromatic rings. The number of ketones is 1. The first-order chi connectivity index (χ1) is 18.5. The Bertz CT molecular complexity index is 1390. The average molecular weight is 516 g/mol. The van der Waals surface area contributed by atoms with Crippen LogP contribution in [0.15, 0.2) is 54.7 Å². The summed E-state index contributed by atoms with van der Waals surface area (Å²) < 4.78 is 14.1. The lowest BCUT2D eigenvalue weighted by atomic mass is 9.88. The van der Waals surface area contributed by atoms with Crippen molar-refractivity contribution in [1.82, 2.24) is 14.9 Å². The smallest absolute Gasteiger partial charge is 0.267 e. The Morgan fingerprint density at radius 2 is 2.13 bits per heavy atom. The van der Waals surface area contributed by atoms with Crippen LogP contribution in [0.25, 0.3) is 17.0 Å². The highest BCUT2D eigenvalue weighted by molar-refractivity contribution is 6.01. The lowest BCUT2D eigenvalue weighted by molar-refractivity contribution is -0.198. The lowest BCUT2D eigenvalue weighted by Crippen LogP contribution is -2.44. The van der Waals surface area contributed by atoms with Gasteiger partial charge in [-0.1, -0.05) is 24.3 Å². The van der Waals surface area contributed by atoms with Crippen LogP contribution in [-0.2, 0) is 28.0 Å². The minimum Gasteiger partial charge on any atom is -0.485 e. The second kappa shape index (κ2) is 10.4. The molecule has 2 atom stereocenters. The molecule has 1 aromatic heterocycles. The monoisotopic (exact) mass is 515 g/mol. The van der Waals surface area contributed by atoms with Gasteiger partial charge < -0.3 is 14.0 Å². The van der Waals surface area contributed by atoms with Gasteiger partial charge in [0.25, 0.3) is 5.91 Å². The maximum atomic E-state index is 13.2. The number of nitrogens with one attached hydrogen (secondary N) is 1. The molecular formula is C30H33N3O5. The first kappa shape index (κ1) is 24.9. The van der Waals surface area contributed by atoms with E-state index in [4.69, 9.17) is 14.3 Å². The second-order valence-corrected chi connectivity index (χ2v) is 10.6. The molecule has 2 unspecified atom stereocenters. The molecule has 1 amide bonds.